The highest BCUT2D eigenvalue weighted by atomic mass is 32.2. The number of carbonyl (C=O) groups excluding carboxylic acids is 1. The van der Waals surface area contributed by atoms with E-state index in [0.29, 0.717) is 5.75 Å². The molecular formula is C14H11N3O2S. The van der Waals surface area contributed by atoms with E-state index in [-0.39, 0.29) is 5.56 Å². The van der Waals surface area contributed by atoms with Crippen LogP contribution in [0.15, 0.2) is 47.8 Å². The maximum Gasteiger partial charge on any atom is 0.347 e. The number of rotatable bonds is 4. The molecule has 2 heterocycles. The molecule has 0 unspecified atom stereocenters. The third kappa shape index (κ3) is 2.65. The van der Waals surface area contributed by atoms with Gasteiger partial charge in [0.15, 0.2) is 0 Å². The largest absolute Gasteiger partial charge is 0.545 e. The Morgan fingerprint density at radius 2 is 2.10 bits per heavy atom. The summed E-state index contributed by atoms with van der Waals surface area (Å²) in [6.45, 7) is 0. The molecular weight excluding hydrogens is 274 g/mol. The number of thioether (sulfide) groups is 1. The SMILES string of the molecule is O=C([O-])c1ccc(CSc2nc3[nH+]cccc3[nH]2)cc1. The molecule has 3 aromatic rings. The molecule has 6 heteroatoms. The molecule has 1 aromatic carbocycles. The number of carboxylic acid groups (broad SMARTS) is 1. The normalized spacial score (nSPS) is 10.8. The van der Waals surface area contributed by atoms with Crippen LogP contribution in [0.5, 0.6) is 0 Å². The van der Waals surface area contributed by atoms with Gasteiger partial charge in [-0.2, -0.15) is 0 Å². The van der Waals surface area contributed by atoms with Crippen LogP contribution >= 0.6 is 11.8 Å². The molecule has 100 valence electrons. The average molecular weight is 285 g/mol. The van der Waals surface area contributed by atoms with Gasteiger partial charge in [0.05, 0.1) is 12.2 Å². The lowest BCUT2D eigenvalue weighted by molar-refractivity contribution is -0.347. The van der Waals surface area contributed by atoms with Crippen LogP contribution in [0.2, 0.25) is 0 Å². The lowest BCUT2D eigenvalue weighted by Gasteiger charge is -2.03. The monoisotopic (exact) mass is 285 g/mol. The number of aromatic carboxylic acids is 1. The Balaban J connectivity index is 1.71. The fourth-order valence-corrected chi connectivity index (χ4v) is 2.66. The van der Waals surface area contributed by atoms with Gasteiger partial charge in [0.25, 0.3) is 5.16 Å². The van der Waals surface area contributed by atoms with Gasteiger partial charge < -0.3 is 14.9 Å². The molecule has 20 heavy (non-hydrogen) atoms. The summed E-state index contributed by atoms with van der Waals surface area (Å²) < 4.78 is 0. The summed E-state index contributed by atoms with van der Waals surface area (Å²) in [4.78, 5) is 21.4. The Kier molecular flexibility index (Phi) is 3.39. The fraction of sp³-hybridized carbons (Fsp3) is 0.0714. The van der Waals surface area contributed by atoms with Crippen molar-refractivity contribution in [3.63, 3.8) is 0 Å². The van der Waals surface area contributed by atoms with Crippen LogP contribution in [-0.2, 0) is 5.75 Å². The Morgan fingerprint density at radius 1 is 1.30 bits per heavy atom. The van der Waals surface area contributed by atoms with Crippen LogP contribution in [0.4, 0.5) is 0 Å². The van der Waals surface area contributed by atoms with Crippen molar-refractivity contribution in [2.45, 2.75) is 10.9 Å². The van der Waals surface area contributed by atoms with E-state index in [0.717, 1.165) is 21.9 Å². The average Bonchev–Trinajstić information content (AvgIpc) is 2.88. The Labute approximate surface area is 119 Å². The van der Waals surface area contributed by atoms with Crippen LogP contribution in [-0.4, -0.2) is 15.9 Å². The number of aromatic amines is 2. The molecule has 0 spiro atoms. The second-order valence-electron chi connectivity index (χ2n) is 4.25. The number of hydrogen-bond acceptors (Lipinski definition) is 4. The number of H-pyrrole nitrogens is 2. The Morgan fingerprint density at radius 3 is 2.80 bits per heavy atom. The van der Waals surface area contributed by atoms with Gasteiger partial charge >= 0.3 is 5.65 Å². The quantitative estimate of drug-likeness (QED) is 0.726. The first-order valence-corrected chi connectivity index (χ1v) is 7.00. The maximum absolute atomic E-state index is 10.7. The van der Waals surface area contributed by atoms with Crippen LogP contribution < -0.4 is 10.1 Å². The minimum atomic E-state index is -1.16. The van der Waals surface area contributed by atoms with Crippen molar-refractivity contribution in [3.05, 3.63) is 53.7 Å². The molecule has 0 saturated carbocycles. The zero-order valence-electron chi connectivity index (χ0n) is 10.4. The number of nitrogens with one attached hydrogen (secondary N) is 2. The van der Waals surface area contributed by atoms with Gasteiger partial charge in [-0.05, 0) is 28.2 Å². The number of carboxylic acids is 1. The van der Waals surface area contributed by atoms with E-state index in [1.54, 1.807) is 36.0 Å². The lowest BCUT2D eigenvalue weighted by atomic mass is 10.1. The van der Waals surface area contributed by atoms with Crippen LogP contribution in [0.3, 0.4) is 0 Å². The van der Waals surface area contributed by atoms with Crippen LogP contribution in [0, 0.1) is 0 Å². The fourth-order valence-electron chi connectivity index (χ4n) is 1.82. The molecule has 0 fully saturated rings. The number of fused-ring (bicyclic) bond motifs is 1. The predicted octanol–water partition coefficient (Wildman–Crippen LogP) is 1.03. The molecule has 2 N–H and O–H groups in total. The molecule has 0 radical (unpaired) electrons. The molecule has 2 aromatic heterocycles. The molecule has 0 aliphatic heterocycles. The van der Waals surface area contributed by atoms with Gasteiger partial charge in [-0.25, -0.2) is 4.98 Å². The van der Waals surface area contributed by atoms with Gasteiger partial charge in [-0.1, -0.05) is 36.0 Å². The molecule has 5 nitrogen and oxygen atoms in total. The highest BCUT2D eigenvalue weighted by molar-refractivity contribution is 7.98. The zero-order valence-corrected chi connectivity index (χ0v) is 11.2. The van der Waals surface area contributed by atoms with Crippen LogP contribution in [0.25, 0.3) is 11.2 Å². The van der Waals surface area contributed by atoms with E-state index in [2.05, 4.69) is 15.0 Å². The number of imidazole rings is 1. The molecule has 0 amide bonds. The lowest BCUT2D eigenvalue weighted by Crippen LogP contribution is -2.21. The third-order valence-electron chi connectivity index (χ3n) is 2.85. The van der Waals surface area contributed by atoms with E-state index in [4.69, 9.17) is 0 Å². The summed E-state index contributed by atoms with van der Waals surface area (Å²) in [5, 5.41) is 11.5. The van der Waals surface area contributed by atoms with Crippen molar-refractivity contribution in [2.75, 3.05) is 0 Å². The van der Waals surface area contributed by atoms with Crippen molar-refractivity contribution >= 4 is 28.9 Å². The first-order chi connectivity index (χ1) is 9.72. The third-order valence-corrected chi connectivity index (χ3v) is 3.80. The second kappa shape index (κ2) is 5.34. The molecule has 3 rings (SSSR count). The standard InChI is InChI=1S/C14H11N3O2S/c18-13(19)10-5-3-9(4-6-10)8-20-14-16-11-2-1-7-15-12(11)17-14/h1-7H,8H2,(H,18,19)(H,15,16,17). The van der Waals surface area contributed by atoms with Gasteiger partial charge in [-0.15, -0.1) is 0 Å². The first kappa shape index (κ1) is 12.7. The van der Waals surface area contributed by atoms with Gasteiger partial charge in [0, 0.05) is 5.75 Å². The minimum absolute atomic E-state index is 0.192. The van der Waals surface area contributed by atoms with Gasteiger partial charge in [0.1, 0.15) is 5.52 Å². The van der Waals surface area contributed by atoms with E-state index in [1.807, 2.05) is 18.3 Å². The molecule has 0 saturated heterocycles. The number of carbonyl (C=O) groups is 1. The van der Waals surface area contributed by atoms with E-state index in [1.165, 1.54) is 0 Å². The Bertz CT molecular complexity index is 719. The zero-order chi connectivity index (χ0) is 13.9. The van der Waals surface area contributed by atoms with E-state index in [9.17, 15) is 9.90 Å². The highest BCUT2D eigenvalue weighted by Crippen LogP contribution is 2.21. The Hall–Kier alpha value is -2.34. The first-order valence-electron chi connectivity index (χ1n) is 6.02. The summed E-state index contributed by atoms with van der Waals surface area (Å²) in [6, 6.07) is 10.5. The minimum Gasteiger partial charge on any atom is -0.545 e. The summed E-state index contributed by atoms with van der Waals surface area (Å²) in [5.74, 6) is -0.440. The van der Waals surface area contributed by atoms with Crippen molar-refractivity contribution in [3.8, 4) is 0 Å². The van der Waals surface area contributed by atoms with Gasteiger partial charge in [0.2, 0.25) is 0 Å². The van der Waals surface area contributed by atoms with E-state index < -0.39 is 5.97 Å². The topological polar surface area (TPSA) is 82.9 Å². The van der Waals surface area contributed by atoms with Crippen molar-refractivity contribution < 1.29 is 14.9 Å². The smallest absolute Gasteiger partial charge is 0.347 e. The number of nitrogens with zero attached hydrogens (tertiary/aromatic N) is 1. The van der Waals surface area contributed by atoms with Crippen molar-refractivity contribution in [1.29, 1.82) is 0 Å². The van der Waals surface area contributed by atoms with Gasteiger partial charge in [-0.3, -0.25) is 0 Å². The summed E-state index contributed by atoms with van der Waals surface area (Å²) in [5.41, 5.74) is 3.01. The molecule has 0 aliphatic rings. The van der Waals surface area contributed by atoms with E-state index >= 15 is 0 Å². The predicted molar refractivity (Wildman–Crippen MR) is 73.0 cm³/mol. The van der Waals surface area contributed by atoms with Crippen LogP contribution in [0.1, 0.15) is 15.9 Å². The van der Waals surface area contributed by atoms with Crippen molar-refractivity contribution in [1.82, 2.24) is 9.97 Å². The number of hydrogen-bond donors (Lipinski definition) is 1. The maximum atomic E-state index is 10.7. The molecule has 0 atom stereocenters. The number of benzene rings is 1. The summed E-state index contributed by atoms with van der Waals surface area (Å²) in [7, 11) is 0. The molecule has 0 aliphatic carbocycles. The molecule has 0 bridgehead atoms. The second-order valence-corrected chi connectivity index (χ2v) is 5.21. The van der Waals surface area contributed by atoms with Crippen molar-refractivity contribution in [2.24, 2.45) is 0 Å². The number of pyridine rings is 1. The highest BCUT2D eigenvalue weighted by Gasteiger charge is 2.11. The number of aromatic nitrogens is 3. The summed E-state index contributed by atoms with van der Waals surface area (Å²) >= 11 is 1.56. The summed E-state index contributed by atoms with van der Waals surface area (Å²) in [6.07, 6.45) is 1.83.